The molecular weight excluding hydrogens is 571 g/mol. The van der Waals surface area contributed by atoms with E-state index in [1.54, 1.807) is 26.5 Å². The predicted molar refractivity (Wildman–Crippen MR) is 153 cm³/mol. The van der Waals surface area contributed by atoms with Crippen LogP contribution in [0.3, 0.4) is 0 Å². The van der Waals surface area contributed by atoms with Crippen LogP contribution in [0.25, 0.3) is 0 Å². The van der Waals surface area contributed by atoms with E-state index in [4.69, 9.17) is 9.47 Å². The van der Waals surface area contributed by atoms with Crippen molar-refractivity contribution in [2.45, 2.75) is 31.8 Å². The van der Waals surface area contributed by atoms with Crippen LogP contribution in [0.15, 0.2) is 30.3 Å². The van der Waals surface area contributed by atoms with Crippen LogP contribution in [0.1, 0.15) is 25.3 Å². The predicted octanol–water partition coefficient (Wildman–Crippen LogP) is 0.700. The van der Waals surface area contributed by atoms with E-state index in [-0.39, 0.29) is 98.0 Å². The number of carboxylic acid groups (broad SMARTS) is 3. The number of carbonyl (C=O) groups excluding carboxylic acids is 1. The van der Waals surface area contributed by atoms with Crippen molar-refractivity contribution < 1.29 is 48.5 Å². The van der Waals surface area contributed by atoms with E-state index in [9.17, 15) is 39.1 Å². The van der Waals surface area contributed by atoms with Crippen molar-refractivity contribution in [3.8, 4) is 0 Å². The number of carboxylic acids is 3. The fourth-order valence-corrected chi connectivity index (χ4v) is 5.52. The van der Waals surface area contributed by atoms with Crippen LogP contribution >= 0.6 is 8.46 Å². The fraction of sp³-hybridized carbons (Fsp3) is 0.630. The molecule has 0 bridgehead atoms. The number of aliphatic carboxylic acids is 3. The molecule has 2 unspecified atom stereocenters. The molecule has 1 aromatic carbocycles. The Hall–Kier alpha value is -3.00. The van der Waals surface area contributed by atoms with Crippen LogP contribution in [0.5, 0.6) is 0 Å². The summed E-state index contributed by atoms with van der Waals surface area (Å²) in [6.45, 7) is 3.07. The van der Waals surface area contributed by atoms with Gasteiger partial charge in [-0.15, -0.1) is 0 Å². The molecule has 0 spiro atoms. The minimum absolute atomic E-state index is 0.0423. The summed E-state index contributed by atoms with van der Waals surface area (Å²) in [4.78, 5) is 53.9. The lowest BCUT2D eigenvalue weighted by Gasteiger charge is -2.37. The molecule has 15 heteroatoms. The van der Waals surface area contributed by atoms with Gasteiger partial charge in [-0.2, -0.15) is 0 Å². The highest BCUT2D eigenvalue weighted by molar-refractivity contribution is 7.25. The molecule has 2 atom stereocenters. The van der Waals surface area contributed by atoms with E-state index < -0.39 is 37.8 Å². The highest BCUT2D eigenvalue weighted by Crippen LogP contribution is 2.35. The number of rotatable bonds is 15. The smallest absolute Gasteiger partial charge is 0.377 e. The first-order valence-electron chi connectivity index (χ1n) is 13.9. The molecule has 42 heavy (non-hydrogen) atoms. The van der Waals surface area contributed by atoms with E-state index >= 15 is 0 Å². The average Bonchev–Trinajstić information content (AvgIpc) is 2.94. The lowest BCUT2D eigenvalue weighted by Crippen LogP contribution is -2.54. The Bertz CT molecular complexity index is 1000. The molecule has 2 rings (SSSR count). The molecule has 1 heterocycles. The normalized spacial score (nSPS) is 18.4. The third-order valence-corrected chi connectivity index (χ3v) is 7.91. The van der Waals surface area contributed by atoms with Crippen LogP contribution in [0, 0.1) is 0 Å². The zero-order chi connectivity index (χ0) is 31.0. The molecule has 1 aromatic rings. The van der Waals surface area contributed by atoms with Gasteiger partial charge in [0.25, 0.3) is 0 Å². The van der Waals surface area contributed by atoms with Crippen LogP contribution in [-0.2, 0) is 39.8 Å². The molecule has 1 saturated heterocycles. The van der Waals surface area contributed by atoms with Gasteiger partial charge in [0.2, 0.25) is 0 Å². The molecule has 0 amide bonds. The number of hydrogen-bond donors (Lipinski definition) is 3. The van der Waals surface area contributed by atoms with Gasteiger partial charge in [-0.3, -0.25) is 33.9 Å². The topological polar surface area (TPSA) is 177 Å². The molecule has 0 radical (unpaired) electrons. The van der Waals surface area contributed by atoms with Crippen molar-refractivity contribution in [3.63, 3.8) is 0 Å². The molecule has 0 saturated carbocycles. The Kier molecular flexibility index (Phi) is 15.5. The second kappa shape index (κ2) is 18.5. The van der Waals surface area contributed by atoms with E-state index in [1.807, 2.05) is 30.3 Å². The van der Waals surface area contributed by atoms with Gasteiger partial charge in [0.1, 0.15) is 6.61 Å². The maximum atomic E-state index is 12.8. The first kappa shape index (κ1) is 35.2. The molecule has 1 fully saturated rings. The number of nitrogens with zero attached hydrogens (tertiary/aromatic N) is 4. The van der Waals surface area contributed by atoms with E-state index in [0.717, 1.165) is 5.56 Å². The van der Waals surface area contributed by atoms with Gasteiger partial charge in [-0.1, -0.05) is 34.9 Å². The van der Waals surface area contributed by atoms with Crippen LogP contribution in [-0.4, -0.2) is 143 Å². The van der Waals surface area contributed by atoms with Crippen molar-refractivity contribution in [3.05, 3.63) is 35.9 Å². The summed E-state index contributed by atoms with van der Waals surface area (Å²) in [7, 11) is -1.01. The maximum absolute atomic E-state index is 12.8. The summed E-state index contributed by atoms with van der Waals surface area (Å²) in [6, 6.07) is 9.20. The zero-order valence-electron chi connectivity index (χ0n) is 24.0. The quantitative estimate of drug-likeness (QED) is 0.186. The van der Waals surface area contributed by atoms with Crippen LogP contribution in [0.2, 0.25) is 0 Å². The maximum Gasteiger partial charge on any atom is 0.377 e. The van der Waals surface area contributed by atoms with Gasteiger partial charge in [0.15, 0.2) is 0 Å². The third-order valence-electron chi connectivity index (χ3n) is 6.88. The van der Waals surface area contributed by atoms with E-state index in [1.165, 1.54) is 0 Å². The second-order valence-electron chi connectivity index (χ2n) is 9.96. The largest absolute Gasteiger partial charge is 0.480 e. The highest BCUT2D eigenvalue weighted by atomic mass is 31.1. The molecule has 1 aliphatic heterocycles. The summed E-state index contributed by atoms with van der Waals surface area (Å²) in [5.74, 6) is -3.62. The van der Waals surface area contributed by atoms with E-state index in [0.29, 0.717) is 0 Å². The van der Waals surface area contributed by atoms with Gasteiger partial charge in [-0.25, -0.2) is 4.90 Å². The molecule has 1 aliphatic rings. The molecule has 0 aromatic heterocycles. The van der Waals surface area contributed by atoms with Crippen molar-refractivity contribution in [1.82, 2.24) is 19.6 Å². The Morgan fingerprint density at radius 3 is 1.64 bits per heavy atom. The molecule has 0 aliphatic carbocycles. The molecule has 14 nitrogen and oxygen atoms in total. The summed E-state index contributed by atoms with van der Waals surface area (Å²) in [5.41, 5.74) is -0.557. The second-order valence-corrected chi connectivity index (χ2v) is 10.9. The van der Waals surface area contributed by atoms with Crippen molar-refractivity contribution in [1.29, 1.82) is 0 Å². The van der Waals surface area contributed by atoms with Gasteiger partial charge >= 0.3 is 37.8 Å². The molecule has 3 N–H and O–H groups in total. The number of benzene rings is 1. The highest BCUT2D eigenvalue weighted by Gasteiger charge is 2.47. The van der Waals surface area contributed by atoms with Crippen LogP contribution < -0.4 is 0 Å². The summed E-state index contributed by atoms with van der Waals surface area (Å²) in [6.07, 6.45) is -0.0406. The minimum atomic E-state index is -1.39. The number of ether oxygens (including phenoxy) is 2. The SMILES string of the molecule is CCOC(CCC(=O)OCc1ccccc1)([PH+]=O)N1CCN(CC(=O)O)CCN(CC(=O)O)CCN(CC(=O)O)CC1. The Morgan fingerprint density at radius 2 is 1.24 bits per heavy atom. The average molecular weight is 614 g/mol. The Morgan fingerprint density at radius 1 is 0.786 bits per heavy atom. The van der Waals surface area contributed by atoms with Gasteiger partial charge in [0.05, 0.1) is 32.7 Å². The standard InChI is InChI=1S/C27H41N4O10P/c1-2-41-27(42-39,9-8-26(38)40-21-22-6-4-3-5-7-22)31-16-14-29(19-24(34)35)12-10-28(18-23(32)33)11-13-30(15-17-31)20-25(36)37/h3-7H,2,8-21H2,1H3,(H,32,33)(H,34,35)(H,36,37)/p+1. The number of hydrogen-bond acceptors (Lipinski definition) is 11. The minimum Gasteiger partial charge on any atom is -0.480 e. The summed E-state index contributed by atoms with van der Waals surface area (Å²) < 4.78 is 24.2. The van der Waals surface area contributed by atoms with Crippen molar-refractivity contribution >= 4 is 32.3 Å². The van der Waals surface area contributed by atoms with Crippen molar-refractivity contribution in [2.75, 3.05) is 78.6 Å². The molecular formula is C27H42N4O10P+. The zero-order valence-corrected chi connectivity index (χ0v) is 25.0. The van der Waals surface area contributed by atoms with Gasteiger partial charge < -0.3 is 24.8 Å². The number of carbonyl (C=O) groups is 4. The van der Waals surface area contributed by atoms with Gasteiger partial charge in [-0.05, 0) is 12.5 Å². The van der Waals surface area contributed by atoms with Crippen molar-refractivity contribution in [2.24, 2.45) is 0 Å². The monoisotopic (exact) mass is 613 g/mol. The Labute approximate surface area is 247 Å². The summed E-state index contributed by atoms with van der Waals surface area (Å²) in [5, 5.41) is 28.3. The number of esters is 1. The first-order valence-corrected chi connectivity index (χ1v) is 14.8. The lowest BCUT2D eigenvalue weighted by atomic mass is 10.2. The molecule has 234 valence electrons. The van der Waals surface area contributed by atoms with E-state index in [2.05, 4.69) is 0 Å². The van der Waals surface area contributed by atoms with Gasteiger partial charge in [0, 0.05) is 58.8 Å². The Balaban J connectivity index is 2.26. The summed E-state index contributed by atoms with van der Waals surface area (Å²) >= 11 is 0. The third kappa shape index (κ3) is 12.9. The lowest BCUT2D eigenvalue weighted by molar-refractivity contribution is -0.149. The van der Waals surface area contributed by atoms with Crippen LogP contribution in [0.4, 0.5) is 0 Å². The fourth-order valence-electron chi connectivity index (χ4n) is 4.73. The first-order chi connectivity index (χ1) is 20.1.